The Balaban J connectivity index is 1.58. The number of carbonyl (C=O) groups is 2. The molecule has 0 unspecified atom stereocenters. The van der Waals surface area contributed by atoms with Gasteiger partial charge in [0.1, 0.15) is 11.6 Å². The number of esters is 1. The summed E-state index contributed by atoms with van der Waals surface area (Å²) in [7, 11) is 1.45. The number of hydrogen-bond donors (Lipinski definition) is 1. The fourth-order valence-corrected chi connectivity index (χ4v) is 5.35. The zero-order valence-corrected chi connectivity index (χ0v) is 23.0. The number of amides is 1. The minimum atomic E-state index is -0.571. The Morgan fingerprint density at radius 2 is 1.65 bits per heavy atom. The standard InChI is InChI=1S/C29H20Br2N2O4/c1-17-12-23(30)27(24(31)13-17)33-28(34)20(16-32)14-18-10-11-25(26(15-18)36-2)37-29(35)22-9-5-7-19-6-3-4-8-21(19)22/h3-15H,1-2H3,(H,33,34)/b20-14+. The van der Waals surface area contributed by atoms with Crippen molar-refractivity contribution in [3.8, 4) is 17.6 Å². The van der Waals surface area contributed by atoms with Crippen molar-refractivity contribution in [3.05, 3.63) is 104 Å². The Labute approximate surface area is 230 Å². The van der Waals surface area contributed by atoms with E-state index in [-0.39, 0.29) is 17.1 Å². The summed E-state index contributed by atoms with van der Waals surface area (Å²) >= 11 is 6.87. The summed E-state index contributed by atoms with van der Waals surface area (Å²) in [6.07, 6.45) is 1.43. The molecule has 0 aliphatic heterocycles. The molecule has 0 aliphatic carbocycles. The number of hydrogen-bond acceptors (Lipinski definition) is 5. The number of nitrogens with zero attached hydrogens (tertiary/aromatic N) is 1. The molecule has 0 saturated heterocycles. The fraction of sp³-hybridized carbons (Fsp3) is 0.0690. The van der Waals surface area contributed by atoms with Crippen LogP contribution in [0.1, 0.15) is 21.5 Å². The number of nitriles is 1. The number of methoxy groups -OCH3 is 1. The van der Waals surface area contributed by atoms with Crippen molar-refractivity contribution in [3.63, 3.8) is 0 Å². The number of rotatable bonds is 6. The van der Waals surface area contributed by atoms with Crippen molar-refractivity contribution in [2.24, 2.45) is 0 Å². The van der Waals surface area contributed by atoms with Gasteiger partial charge >= 0.3 is 5.97 Å². The zero-order valence-electron chi connectivity index (χ0n) is 19.8. The average Bonchev–Trinajstić information content (AvgIpc) is 2.89. The van der Waals surface area contributed by atoms with E-state index in [9.17, 15) is 14.9 Å². The maximum Gasteiger partial charge on any atom is 0.344 e. The lowest BCUT2D eigenvalue weighted by Crippen LogP contribution is -2.14. The maximum absolute atomic E-state index is 13.0. The highest BCUT2D eigenvalue weighted by molar-refractivity contribution is 9.11. The van der Waals surface area contributed by atoms with E-state index >= 15 is 0 Å². The maximum atomic E-state index is 13.0. The minimum Gasteiger partial charge on any atom is -0.493 e. The molecule has 1 amide bonds. The Bertz CT molecular complexity index is 1580. The lowest BCUT2D eigenvalue weighted by Gasteiger charge is -2.12. The SMILES string of the molecule is COc1cc(/C=C(\C#N)C(=O)Nc2c(Br)cc(C)cc2Br)ccc1OC(=O)c1cccc2ccccc12. The summed E-state index contributed by atoms with van der Waals surface area (Å²) in [5, 5.41) is 14.1. The summed E-state index contributed by atoms with van der Waals surface area (Å²) in [6.45, 7) is 1.93. The number of fused-ring (bicyclic) bond motifs is 1. The molecule has 4 aromatic carbocycles. The average molecular weight is 620 g/mol. The van der Waals surface area contributed by atoms with Gasteiger partial charge in [-0.2, -0.15) is 5.26 Å². The van der Waals surface area contributed by atoms with Gasteiger partial charge in [-0.05, 0) is 97.1 Å². The molecule has 0 atom stereocenters. The summed E-state index contributed by atoms with van der Waals surface area (Å²) in [6, 6.07) is 23.4. The van der Waals surface area contributed by atoms with Crippen LogP contribution in [0.4, 0.5) is 5.69 Å². The molecule has 0 saturated carbocycles. The molecule has 1 N–H and O–H groups in total. The van der Waals surface area contributed by atoms with Crippen LogP contribution in [0.15, 0.2) is 87.3 Å². The van der Waals surface area contributed by atoms with Gasteiger partial charge in [-0.1, -0.05) is 42.5 Å². The Morgan fingerprint density at radius 3 is 2.35 bits per heavy atom. The highest BCUT2D eigenvalue weighted by Crippen LogP contribution is 2.33. The van der Waals surface area contributed by atoms with Crippen molar-refractivity contribution in [1.29, 1.82) is 5.26 Å². The van der Waals surface area contributed by atoms with Crippen LogP contribution in [0.5, 0.6) is 11.5 Å². The first-order chi connectivity index (χ1) is 17.8. The highest BCUT2D eigenvalue weighted by Gasteiger charge is 2.17. The fourth-order valence-electron chi connectivity index (χ4n) is 3.73. The monoisotopic (exact) mass is 618 g/mol. The van der Waals surface area contributed by atoms with Crippen molar-refractivity contribution in [1.82, 2.24) is 0 Å². The van der Waals surface area contributed by atoms with Crippen molar-refractivity contribution in [2.75, 3.05) is 12.4 Å². The second-order valence-electron chi connectivity index (χ2n) is 8.05. The van der Waals surface area contributed by atoms with Crippen LogP contribution in [-0.4, -0.2) is 19.0 Å². The van der Waals surface area contributed by atoms with Crippen LogP contribution in [-0.2, 0) is 4.79 Å². The summed E-state index contributed by atoms with van der Waals surface area (Å²) in [5.74, 6) is -0.597. The molecule has 37 heavy (non-hydrogen) atoms. The van der Waals surface area contributed by atoms with Gasteiger partial charge in [-0.15, -0.1) is 0 Å². The molecule has 0 radical (unpaired) electrons. The van der Waals surface area contributed by atoms with Gasteiger partial charge in [0.05, 0.1) is 18.4 Å². The molecule has 6 nitrogen and oxygen atoms in total. The van der Waals surface area contributed by atoms with E-state index in [4.69, 9.17) is 9.47 Å². The number of anilines is 1. The Morgan fingerprint density at radius 1 is 0.946 bits per heavy atom. The van der Waals surface area contributed by atoms with E-state index < -0.39 is 11.9 Å². The third-order valence-electron chi connectivity index (χ3n) is 5.50. The van der Waals surface area contributed by atoms with Gasteiger partial charge in [0.25, 0.3) is 5.91 Å². The molecule has 0 aromatic heterocycles. The summed E-state index contributed by atoms with van der Waals surface area (Å²) < 4.78 is 12.4. The Kier molecular flexibility index (Phi) is 8.07. The van der Waals surface area contributed by atoms with Crippen LogP contribution >= 0.6 is 31.9 Å². The van der Waals surface area contributed by atoms with E-state index in [2.05, 4.69) is 37.2 Å². The second kappa shape index (κ2) is 11.4. The van der Waals surface area contributed by atoms with Gasteiger partial charge < -0.3 is 14.8 Å². The van der Waals surface area contributed by atoms with Crippen LogP contribution in [0.25, 0.3) is 16.8 Å². The molecular weight excluding hydrogens is 600 g/mol. The molecule has 4 aromatic rings. The van der Waals surface area contributed by atoms with Crippen LogP contribution in [0, 0.1) is 18.3 Å². The van der Waals surface area contributed by atoms with Gasteiger partial charge in [-0.3, -0.25) is 4.79 Å². The third-order valence-corrected chi connectivity index (χ3v) is 6.75. The molecule has 0 heterocycles. The minimum absolute atomic E-state index is 0.109. The lowest BCUT2D eigenvalue weighted by molar-refractivity contribution is -0.112. The van der Waals surface area contributed by atoms with Gasteiger partial charge in [0.15, 0.2) is 11.5 Å². The molecule has 0 bridgehead atoms. The third kappa shape index (κ3) is 5.91. The van der Waals surface area contributed by atoms with Gasteiger partial charge in [0.2, 0.25) is 0 Å². The number of ether oxygens (including phenoxy) is 2. The molecular formula is C29H20Br2N2O4. The largest absolute Gasteiger partial charge is 0.493 e. The smallest absolute Gasteiger partial charge is 0.344 e. The van der Waals surface area contributed by atoms with Crippen molar-refractivity contribution in [2.45, 2.75) is 6.92 Å². The molecule has 4 rings (SSSR count). The zero-order chi connectivity index (χ0) is 26.5. The molecule has 0 spiro atoms. The molecule has 0 fully saturated rings. The number of nitrogens with one attached hydrogen (secondary N) is 1. The van der Waals surface area contributed by atoms with Crippen molar-refractivity contribution >= 4 is 66.3 Å². The van der Waals surface area contributed by atoms with E-state index in [0.29, 0.717) is 25.8 Å². The van der Waals surface area contributed by atoms with E-state index in [1.165, 1.54) is 13.2 Å². The van der Waals surface area contributed by atoms with E-state index in [1.54, 1.807) is 30.3 Å². The second-order valence-corrected chi connectivity index (χ2v) is 9.76. The van der Waals surface area contributed by atoms with Gasteiger partial charge in [-0.25, -0.2) is 4.79 Å². The molecule has 0 aliphatic rings. The van der Waals surface area contributed by atoms with Crippen molar-refractivity contribution < 1.29 is 19.1 Å². The Hall–Kier alpha value is -3.93. The topological polar surface area (TPSA) is 88.4 Å². The van der Waals surface area contributed by atoms with Crippen LogP contribution < -0.4 is 14.8 Å². The number of aryl methyl sites for hydroxylation is 1. The predicted octanol–water partition coefficient (Wildman–Crippen LogP) is 7.45. The summed E-state index contributed by atoms with van der Waals surface area (Å²) in [5.41, 5.74) is 2.37. The molecule has 184 valence electrons. The van der Waals surface area contributed by atoms with E-state index in [0.717, 1.165) is 16.3 Å². The van der Waals surface area contributed by atoms with E-state index in [1.807, 2.05) is 55.5 Å². The first-order valence-electron chi connectivity index (χ1n) is 11.1. The number of carbonyl (C=O) groups excluding carboxylic acids is 2. The number of halogens is 2. The summed E-state index contributed by atoms with van der Waals surface area (Å²) in [4.78, 5) is 25.8. The highest BCUT2D eigenvalue weighted by atomic mass is 79.9. The molecule has 8 heteroatoms. The van der Waals surface area contributed by atoms with Crippen LogP contribution in [0.3, 0.4) is 0 Å². The normalized spacial score (nSPS) is 11.1. The first-order valence-corrected chi connectivity index (χ1v) is 12.7. The van der Waals surface area contributed by atoms with Crippen LogP contribution in [0.2, 0.25) is 0 Å². The van der Waals surface area contributed by atoms with Gasteiger partial charge in [0, 0.05) is 8.95 Å². The quantitative estimate of drug-likeness (QED) is 0.105. The lowest BCUT2D eigenvalue weighted by atomic mass is 10.0. The number of benzene rings is 4. The predicted molar refractivity (Wildman–Crippen MR) is 151 cm³/mol. The first kappa shape index (κ1) is 26.1.